The molecule has 0 radical (unpaired) electrons. The molecule has 1 aliphatic rings. The lowest BCUT2D eigenvalue weighted by Crippen LogP contribution is -2.13. The van der Waals surface area contributed by atoms with Crippen molar-refractivity contribution >= 4 is 22.6 Å². The first-order valence-corrected chi connectivity index (χ1v) is 5.97. The van der Waals surface area contributed by atoms with Crippen LogP contribution in [-0.2, 0) is 11.2 Å². The van der Waals surface area contributed by atoms with Gasteiger partial charge in [0.2, 0.25) is 5.91 Å². The number of nitrogens with two attached hydrogens (primary N) is 1. The summed E-state index contributed by atoms with van der Waals surface area (Å²) in [7, 11) is -2.80. The molecule has 0 aromatic heterocycles. The molecule has 1 heterocycles. The second-order valence-corrected chi connectivity index (χ2v) is 5.31. The summed E-state index contributed by atoms with van der Waals surface area (Å²) in [5.41, 5.74) is 6.54. The maximum atomic E-state index is 10.7. The number of amides is 1. The van der Waals surface area contributed by atoms with Gasteiger partial charge in [-0.1, -0.05) is 12.1 Å². The van der Waals surface area contributed by atoms with E-state index >= 15 is 0 Å². The van der Waals surface area contributed by atoms with Crippen molar-refractivity contribution in [2.24, 2.45) is 5.73 Å². The van der Waals surface area contributed by atoms with E-state index in [0.717, 1.165) is 5.56 Å². The molecule has 1 aliphatic heterocycles. The highest BCUT2D eigenvalue weighted by Gasteiger charge is 2.21. The van der Waals surface area contributed by atoms with Crippen LogP contribution in [0.15, 0.2) is 28.5 Å². The Labute approximate surface area is 88.8 Å². The SMILES string of the molecule is NC(=O)Cc1ccc2c(c1)S(O)(O)C=C2. The Morgan fingerprint density at radius 2 is 2.13 bits per heavy atom. The van der Waals surface area contributed by atoms with Crippen molar-refractivity contribution in [1.29, 1.82) is 0 Å². The number of benzene rings is 1. The number of hydrogen-bond acceptors (Lipinski definition) is 3. The third-order valence-electron chi connectivity index (χ3n) is 2.22. The van der Waals surface area contributed by atoms with Crippen molar-refractivity contribution in [1.82, 2.24) is 0 Å². The summed E-state index contributed by atoms with van der Waals surface area (Å²) in [6.07, 6.45) is 1.78. The third-order valence-corrected chi connectivity index (χ3v) is 3.73. The quantitative estimate of drug-likeness (QED) is 0.717. The van der Waals surface area contributed by atoms with Crippen LogP contribution in [0.4, 0.5) is 0 Å². The fourth-order valence-corrected chi connectivity index (χ4v) is 2.82. The first-order chi connectivity index (χ1) is 6.99. The standard InChI is InChI=1S/C10H11NO3S/c11-10(12)6-7-1-2-8-3-4-15(13,14)9(8)5-7/h1-5,13-14H,6H2,(H2,11,12). The van der Waals surface area contributed by atoms with Gasteiger partial charge in [-0.25, -0.2) is 0 Å². The molecule has 0 spiro atoms. The van der Waals surface area contributed by atoms with Crippen LogP contribution >= 0.6 is 10.6 Å². The molecule has 0 aliphatic carbocycles. The Bertz CT molecular complexity index is 454. The Hall–Kier alpha value is -1.30. The van der Waals surface area contributed by atoms with E-state index in [1.807, 2.05) is 0 Å². The minimum Gasteiger partial charge on any atom is -0.369 e. The molecule has 4 nitrogen and oxygen atoms in total. The van der Waals surface area contributed by atoms with Gasteiger partial charge < -0.3 is 5.73 Å². The van der Waals surface area contributed by atoms with Gasteiger partial charge in [0.15, 0.2) is 0 Å². The molecule has 1 amide bonds. The number of primary amides is 1. The zero-order valence-electron chi connectivity index (χ0n) is 7.88. The maximum absolute atomic E-state index is 10.7. The summed E-state index contributed by atoms with van der Waals surface area (Å²) < 4.78 is 19.3. The van der Waals surface area contributed by atoms with E-state index in [1.165, 1.54) is 5.41 Å². The Morgan fingerprint density at radius 3 is 2.80 bits per heavy atom. The number of rotatable bonds is 2. The van der Waals surface area contributed by atoms with E-state index in [2.05, 4.69) is 0 Å². The van der Waals surface area contributed by atoms with Gasteiger partial charge in [-0.05, 0) is 23.3 Å². The first kappa shape index (κ1) is 10.2. The smallest absolute Gasteiger partial charge is 0.221 e. The zero-order valence-corrected chi connectivity index (χ0v) is 8.70. The fourth-order valence-electron chi connectivity index (χ4n) is 1.53. The number of hydrogen-bond donors (Lipinski definition) is 3. The van der Waals surface area contributed by atoms with E-state index in [4.69, 9.17) is 5.73 Å². The predicted octanol–water partition coefficient (Wildman–Crippen LogP) is 1.81. The molecule has 15 heavy (non-hydrogen) atoms. The van der Waals surface area contributed by atoms with Crippen molar-refractivity contribution < 1.29 is 13.9 Å². The summed E-state index contributed by atoms with van der Waals surface area (Å²) in [4.78, 5) is 11.2. The molecule has 1 aromatic carbocycles. The van der Waals surface area contributed by atoms with Gasteiger partial charge in [-0.15, -0.1) is 10.6 Å². The largest absolute Gasteiger partial charge is 0.369 e. The second kappa shape index (κ2) is 3.37. The highest BCUT2D eigenvalue weighted by molar-refractivity contribution is 8.27. The molecule has 0 bridgehead atoms. The molecular formula is C10H11NO3S. The van der Waals surface area contributed by atoms with Crippen LogP contribution in [0.2, 0.25) is 0 Å². The molecule has 0 saturated carbocycles. The van der Waals surface area contributed by atoms with E-state index < -0.39 is 16.5 Å². The van der Waals surface area contributed by atoms with Gasteiger partial charge in [0.05, 0.1) is 11.3 Å². The van der Waals surface area contributed by atoms with Gasteiger partial charge in [0, 0.05) is 5.41 Å². The third kappa shape index (κ3) is 1.90. The van der Waals surface area contributed by atoms with Crippen LogP contribution in [0.3, 0.4) is 0 Å². The van der Waals surface area contributed by atoms with Crippen LogP contribution in [0.25, 0.3) is 6.08 Å². The van der Waals surface area contributed by atoms with Crippen molar-refractivity contribution in [3.05, 3.63) is 34.7 Å². The maximum Gasteiger partial charge on any atom is 0.221 e. The van der Waals surface area contributed by atoms with E-state index in [9.17, 15) is 13.9 Å². The monoisotopic (exact) mass is 225 g/mol. The van der Waals surface area contributed by atoms with Gasteiger partial charge in [0.1, 0.15) is 0 Å². The van der Waals surface area contributed by atoms with Crippen molar-refractivity contribution in [3.8, 4) is 0 Å². The lowest BCUT2D eigenvalue weighted by atomic mass is 10.1. The van der Waals surface area contributed by atoms with Crippen molar-refractivity contribution in [2.75, 3.05) is 0 Å². The van der Waals surface area contributed by atoms with Gasteiger partial charge in [-0.3, -0.25) is 13.9 Å². The Kier molecular flexibility index (Phi) is 2.30. The van der Waals surface area contributed by atoms with Crippen LogP contribution in [0, 0.1) is 0 Å². The van der Waals surface area contributed by atoms with Crippen LogP contribution in [0.1, 0.15) is 11.1 Å². The minimum atomic E-state index is -2.80. The summed E-state index contributed by atoms with van der Waals surface area (Å²) in [6.45, 7) is 0. The molecule has 0 unspecified atom stereocenters. The molecule has 4 N–H and O–H groups in total. The van der Waals surface area contributed by atoms with Gasteiger partial charge in [-0.2, -0.15) is 0 Å². The van der Waals surface area contributed by atoms with Gasteiger partial charge in [0.25, 0.3) is 0 Å². The zero-order chi connectivity index (χ0) is 11.1. The molecule has 0 fully saturated rings. The molecule has 80 valence electrons. The molecule has 0 atom stereocenters. The first-order valence-electron chi connectivity index (χ1n) is 4.36. The normalized spacial score (nSPS) is 18.5. The molecule has 2 rings (SSSR count). The molecule has 1 aromatic rings. The summed E-state index contributed by atoms with van der Waals surface area (Å²) >= 11 is 0. The molecule has 0 saturated heterocycles. The molecule has 5 heteroatoms. The van der Waals surface area contributed by atoms with E-state index in [1.54, 1.807) is 24.3 Å². The summed E-state index contributed by atoms with van der Waals surface area (Å²) in [5, 5.41) is 1.38. The Morgan fingerprint density at radius 1 is 1.40 bits per heavy atom. The number of carbonyl (C=O) groups excluding carboxylic acids is 1. The minimum absolute atomic E-state index is 0.114. The highest BCUT2D eigenvalue weighted by atomic mass is 32.3. The average Bonchev–Trinajstić information content (AvgIpc) is 2.42. The second-order valence-electron chi connectivity index (χ2n) is 3.41. The van der Waals surface area contributed by atoms with Crippen LogP contribution < -0.4 is 5.73 Å². The highest BCUT2D eigenvalue weighted by Crippen LogP contribution is 2.56. The van der Waals surface area contributed by atoms with Crippen LogP contribution in [-0.4, -0.2) is 15.0 Å². The van der Waals surface area contributed by atoms with Crippen LogP contribution in [0.5, 0.6) is 0 Å². The van der Waals surface area contributed by atoms with Crippen molar-refractivity contribution in [3.63, 3.8) is 0 Å². The summed E-state index contributed by atoms with van der Waals surface area (Å²) in [6, 6.07) is 5.13. The van der Waals surface area contributed by atoms with E-state index in [-0.39, 0.29) is 6.42 Å². The average molecular weight is 225 g/mol. The predicted molar refractivity (Wildman–Crippen MR) is 59.5 cm³/mol. The lowest BCUT2D eigenvalue weighted by Gasteiger charge is -2.25. The lowest BCUT2D eigenvalue weighted by molar-refractivity contribution is -0.117. The Balaban J connectivity index is 2.40. The van der Waals surface area contributed by atoms with E-state index in [0.29, 0.717) is 10.5 Å². The van der Waals surface area contributed by atoms with Crippen molar-refractivity contribution in [2.45, 2.75) is 11.3 Å². The fraction of sp³-hybridized carbons (Fsp3) is 0.100. The number of carbonyl (C=O) groups is 1. The topological polar surface area (TPSA) is 83.6 Å². The summed E-state index contributed by atoms with van der Waals surface area (Å²) in [5.74, 6) is -0.433. The van der Waals surface area contributed by atoms with Gasteiger partial charge >= 0.3 is 0 Å². The molecular weight excluding hydrogens is 214 g/mol. The number of fused-ring (bicyclic) bond motifs is 1.